The second kappa shape index (κ2) is 5.47. The fourth-order valence-electron chi connectivity index (χ4n) is 3.93. The number of carbonyl (C=O) groups excluding carboxylic acids is 2. The average Bonchev–Trinajstić information content (AvgIpc) is 3.20. The van der Waals surface area contributed by atoms with Gasteiger partial charge >= 0.3 is 0 Å². The molecule has 2 amide bonds. The Kier molecular flexibility index (Phi) is 3.40. The molecule has 2 fully saturated rings. The summed E-state index contributed by atoms with van der Waals surface area (Å²) in [6, 6.07) is 5.44. The quantitative estimate of drug-likeness (QED) is 0.850. The minimum absolute atomic E-state index is 0.0268. The lowest BCUT2D eigenvalue weighted by Gasteiger charge is -2.25. The molecule has 2 saturated heterocycles. The SMILES string of the molecule is Cc1cc(C(=O)N2CC[C@@H]3[C@@H]2CC(=O)N3c2cccnc2)c(C)o1. The Morgan fingerprint density at radius 2 is 2.17 bits per heavy atom. The second-order valence-corrected chi connectivity index (χ2v) is 6.43. The second-order valence-electron chi connectivity index (χ2n) is 6.43. The molecular formula is C18H19N3O3. The van der Waals surface area contributed by atoms with Crippen molar-refractivity contribution in [2.75, 3.05) is 11.4 Å². The van der Waals surface area contributed by atoms with Crippen LogP contribution < -0.4 is 4.90 Å². The van der Waals surface area contributed by atoms with Crippen LogP contribution in [0.15, 0.2) is 35.0 Å². The van der Waals surface area contributed by atoms with Gasteiger partial charge in [-0.25, -0.2) is 0 Å². The van der Waals surface area contributed by atoms with Crippen molar-refractivity contribution >= 4 is 17.5 Å². The Morgan fingerprint density at radius 3 is 2.83 bits per heavy atom. The van der Waals surface area contributed by atoms with Crippen molar-refractivity contribution in [2.45, 2.75) is 38.8 Å². The number of anilines is 1. The molecule has 24 heavy (non-hydrogen) atoms. The highest BCUT2D eigenvalue weighted by molar-refractivity contribution is 6.00. The van der Waals surface area contributed by atoms with Gasteiger partial charge in [0.1, 0.15) is 11.5 Å². The lowest BCUT2D eigenvalue weighted by molar-refractivity contribution is -0.117. The lowest BCUT2D eigenvalue weighted by atomic mass is 10.1. The molecule has 0 saturated carbocycles. The van der Waals surface area contributed by atoms with E-state index in [4.69, 9.17) is 4.42 Å². The van der Waals surface area contributed by atoms with Crippen LogP contribution in [0.25, 0.3) is 0 Å². The van der Waals surface area contributed by atoms with Gasteiger partial charge < -0.3 is 14.2 Å². The number of pyridine rings is 1. The summed E-state index contributed by atoms with van der Waals surface area (Å²) >= 11 is 0. The molecule has 0 aromatic carbocycles. The Morgan fingerprint density at radius 1 is 1.33 bits per heavy atom. The number of amides is 2. The Labute approximate surface area is 140 Å². The van der Waals surface area contributed by atoms with E-state index in [1.807, 2.05) is 24.0 Å². The first-order valence-corrected chi connectivity index (χ1v) is 8.16. The number of fused-ring (bicyclic) bond motifs is 1. The Hall–Kier alpha value is -2.63. The van der Waals surface area contributed by atoms with Crippen LogP contribution in [-0.4, -0.2) is 40.3 Å². The maximum atomic E-state index is 12.9. The minimum atomic E-state index is -0.0835. The molecular weight excluding hydrogens is 306 g/mol. The molecule has 0 unspecified atom stereocenters. The van der Waals surface area contributed by atoms with Crippen LogP contribution in [-0.2, 0) is 4.79 Å². The first-order chi connectivity index (χ1) is 11.6. The number of likely N-dealkylation sites (tertiary alicyclic amines) is 1. The predicted molar refractivity (Wildman–Crippen MR) is 87.8 cm³/mol. The predicted octanol–water partition coefficient (Wildman–Crippen LogP) is 2.31. The maximum absolute atomic E-state index is 12.9. The zero-order valence-electron chi connectivity index (χ0n) is 13.7. The van der Waals surface area contributed by atoms with Crippen molar-refractivity contribution in [1.29, 1.82) is 0 Å². The highest BCUT2D eigenvalue weighted by atomic mass is 16.3. The van der Waals surface area contributed by atoms with Crippen LogP contribution in [0.4, 0.5) is 5.69 Å². The van der Waals surface area contributed by atoms with Gasteiger partial charge in [0.15, 0.2) is 0 Å². The lowest BCUT2D eigenvalue weighted by Crippen LogP contribution is -2.40. The van der Waals surface area contributed by atoms with E-state index in [0.717, 1.165) is 17.9 Å². The van der Waals surface area contributed by atoms with E-state index in [1.54, 1.807) is 30.3 Å². The Bertz CT molecular complexity index is 799. The van der Waals surface area contributed by atoms with Crippen molar-refractivity contribution in [1.82, 2.24) is 9.88 Å². The van der Waals surface area contributed by atoms with Crippen LogP contribution in [0.1, 0.15) is 34.7 Å². The van der Waals surface area contributed by atoms with Crippen LogP contribution in [0.2, 0.25) is 0 Å². The van der Waals surface area contributed by atoms with Crippen LogP contribution in [0.3, 0.4) is 0 Å². The molecule has 0 N–H and O–H groups in total. The first-order valence-electron chi connectivity index (χ1n) is 8.16. The largest absolute Gasteiger partial charge is 0.466 e. The third-order valence-electron chi connectivity index (χ3n) is 4.95. The summed E-state index contributed by atoms with van der Waals surface area (Å²) < 4.78 is 5.48. The van der Waals surface area contributed by atoms with E-state index >= 15 is 0 Å². The van der Waals surface area contributed by atoms with Crippen LogP contribution >= 0.6 is 0 Å². The highest BCUT2D eigenvalue weighted by Crippen LogP contribution is 2.36. The minimum Gasteiger partial charge on any atom is -0.466 e. The molecule has 4 rings (SSSR count). The summed E-state index contributed by atoms with van der Waals surface area (Å²) in [5, 5.41) is 0. The van der Waals surface area contributed by atoms with E-state index in [1.165, 1.54) is 0 Å². The summed E-state index contributed by atoms with van der Waals surface area (Å²) in [6.07, 6.45) is 4.54. The molecule has 2 aromatic heterocycles. The van der Waals surface area contributed by atoms with Gasteiger partial charge in [0.25, 0.3) is 5.91 Å². The number of nitrogens with zero attached hydrogens (tertiary/aromatic N) is 3. The third-order valence-corrected chi connectivity index (χ3v) is 4.95. The number of furan rings is 1. The molecule has 0 bridgehead atoms. The maximum Gasteiger partial charge on any atom is 0.257 e. The number of aromatic nitrogens is 1. The van der Waals surface area contributed by atoms with E-state index in [0.29, 0.717) is 24.3 Å². The summed E-state index contributed by atoms with van der Waals surface area (Å²) in [7, 11) is 0. The molecule has 6 heteroatoms. The smallest absolute Gasteiger partial charge is 0.257 e. The molecule has 0 radical (unpaired) electrons. The number of hydrogen-bond donors (Lipinski definition) is 0. The normalized spacial score (nSPS) is 23.0. The molecule has 2 aromatic rings. The average molecular weight is 325 g/mol. The van der Waals surface area contributed by atoms with E-state index in [-0.39, 0.29) is 23.9 Å². The molecule has 4 heterocycles. The highest BCUT2D eigenvalue weighted by Gasteiger charge is 2.49. The van der Waals surface area contributed by atoms with Crippen molar-refractivity contribution in [3.05, 3.63) is 47.7 Å². The molecule has 2 atom stereocenters. The Balaban J connectivity index is 1.61. The topological polar surface area (TPSA) is 66.7 Å². The zero-order valence-corrected chi connectivity index (χ0v) is 13.7. The number of rotatable bonds is 2. The number of hydrogen-bond acceptors (Lipinski definition) is 4. The van der Waals surface area contributed by atoms with Gasteiger partial charge in [-0.1, -0.05) is 0 Å². The molecule has 0 spiro atoms. The van der Waals surface area contributed by atoms with Crippen LogP contribution in [0, 0.1) is 13.8 Å². The van der Waals surface area contributed by atoms with Crippen molar-refractivity contribution in [3.8, 4) is 0 Å². The van der Waals surface area contributed by atoms with Gasteiger partial charge in [0.05, 0.1) is 29.5 Å². The van der Waals surface area contributed by atoms with Gasteiger partial charge in [-0.3, -0.25) is 14.6 Å². The van der Waals surface area contributed by atoms with Crippen molar-refractivity contribution in [2.24, 2.45) is 0 Å². The standard InChI is InChI=1S/C18H19N3O3/c1-11-8-14(12(2)24-11)18(23)20-7-5-15-16(20)9-17(22)21(15)13-4-3-6-19-10-13/h3-4,6,8,10,15-16H,5,7,9H2,1-2H3/t15-,16+/m1/s1. The van der Waals surface area contributed by atoms with E-state index < -0.39 is 0 Å². The van der Waals surface area contributed by atoms with Gasteiger partial charge in [0, 0.05) is 19.2 Å². The molecule has 6 nitrogen and oxygen atoms in total. The molecule has 2 aliphatic heterocycles. The summed E-state index contributed by atoms with van der Waals surface area (Å²) in [6.45, 7) is 4.29. The first kappa shape index (κ1) is 14.9. The molecule has 0 aliphatic carbocycles. The number of aryl methyl sites for hydroxylation is 2. The van der Waals surface area contributed by atoms with E-state index in [9.17, 15) is 9.59 Å². The molecule has 124 valence electrons. The van der Waals surface area contributed by atoms with E-state index in [2.05, 4.69) is 4.98 Å². The van der Waals surface area contributed by atoms with Gasteiger partial charge in [0.2, 0.25) is 5.91 Å². The summed E-state index contributed by atoms with van der Waals surface area (Å²) in [5.74, 6) is 1.37. The third kappa shape index (κ3) is 2.21. The zero-order chi connectivity index (χ0) is 16.8. The van der Waals surface area contributed by atoms with Gasteiger partial charge in [-0.05, 0) is 38.5 Å². The monoisotopic (exact) mass is 325 g/mol. The van der Waals surface area contributed by atoms with Crippen molar-refractivity contribution in [3.63, 3.8) is 0 Å². The summed E-state index contributed by atoms with van der Waals surface area (Å²) in [4.78, 5) is 33.1. The summed E-state index contributed by atoms with van der Waals surface area (Å²) in [5.41, 5.74) is 1.40. The fraction of sp³-hybridized carbons (Fsp3) is 0.389. The van der Waals surface area contributed by atoms with Crippen molar-refractivity contribution < 1.29 is 14.0 Å². The number of carbonyl (C=O) groups is 2. The fourth-order valence-corrected chi connectivity index (χ4v) is 3.93. The van der Waals surface area contributed by atoms with Gasteiger partial charge in [-0.2, -0.15) is 0 Å². The van der Waals surface area contributed by atoms with Gasteiger partial charge in [-0.15, -0.1) is 0 Å². The van der Waals surface area contributed by atoms with Crippen LogP contribution in [0.5, 0.6) is 0 Å². The molecule has 2 aliphatic rings.